The quantitative estimate of drug-likeness (QED) is 0.603. The van der Waals surface area contributed by atoms with Gasteiger partial charge in [-0.15, -0.1) is 0 Å². The molecule has 2 aliphatic rings. The van der Waals surface area contributed by atoms with Gasteiger partial charge in [0, 0.05) is 17.2 Å². The first-order valence-electron chi connectivity index (χ1n) is 10.6. The molecule has 0 spiro atoms. The number of nitrogens with one attached hydrogen (secondary N) is 1. The number of carbonyl (C=O) groups is 1. The summed E-state index contributed by atoms with van der Waals surface area (Å²) in [7, 11) is 1.58. The molecule has 32 heavy (non-hydrogen) atoms. The zero-order chi connectivity index (χ0) is 22.7. The van der Waals surface area contributed by atoms with E-state index in [9.17, 15) is 4.79 Å². The molecule has 1 N–H and O–H groups in total. The van der Waals surface area contributed by atoms with Gasteiger partial charge in [-0.3, -0.25) is 14.7 Å². The summed E-state index contributed by atoms with van der Waals surface area (Å²) in [6, 6.07) is 12.2. The van der Waals surface area contributed by atoms with Crippen LogP contribution in [0.25, 0.3) is 0 Å². The van der Waals surface area contributed by atoms with Gasteiger partial charge in [-0.2, -0.15) is 5.10 Å². The Kier molecular flexibility index (Phi) is 7.59. The maximum Gasteiger partial charge on any atom is 0.271 e. The molecule has 2 unspecified atom stereocenters. The third kappa shape index (κ3) is 5.05. The summed E-state index contributed by atoms with van der Waals surface area (Å²) in [6.07, 6.45) is 2.95. The van der Waals surface area contributed by atoms with E-state index in [0.717, 1.165) is 31.5 Å². The molecule has 0 aromatic heterocycles. The monoisotopic (exact) mass is 494 g/mol. The normalized spacial score (nSPS) is 21.5. The molecule has 6 nitrogen and oxygen atoms in total. The number of likely N-dealkylation sites (tertiary alicyclic amines) is 1. The van der Waals surface area contributed by atoms with Crippen LogP contribution in [0.5, 0.6) is 0 Å². The minimum Gasteiger partial charge on any atom is -0.372 e. The van der Waals surface area contributed by atoms with Gasteiger partial charge in [0.05, 0.1) is 17.4 Å². The second-order valence-electron chi connectivity index (χ2n) is 7.92. The number of rotatable bonds is 6. The fraction of sp³-hybridized carbons (Fsp3) is 0.391. The number of amides is 1. The Morgan fingerprint density at radius 2 is 1.75 bits per heavy atom. The van der Waals surface area contributed by atoms with Crippen LogP contribution >= 0.6 is 34.8 Å². The Balaban J connectivity index is 1.65. The predicted molar refractivity (Wildman–Crippen MR) is 130 cm³/mol. The van der Waals surface area contributed by atoms with E-state index in [1.807, 2.05) is 12.1 Å². The van der Waals surface area contributed by atoms with Crippen LogP contribution in [-0.4, -0.2) is 49.5 Å². The van der Waals surface area contributed by atoms with Crippen LogP contribution in [0.1, 0.15) is 30.9 Å². The van der Waals surface area contributed by atoms with Crippen molar-refractivity contribution in [2.45, 2.75) is 31.4 Å². The first-order valence-corrected chi connectivity index (χ1v) is 11.7. The Hall–Kier alpha value is -1.83. The summed E-state index contributed by atoms with van der Waals surface area (Å²) in [5.41, 5.74) is 1.84. The number of hydrogen-bond acceptors (Lipinski definition) is 5. The first kappa shape index (κ1) is 23.3. The number of piperidine rings is 1. The van der Waals surface area contributed by atoms with Gasteiger partial charge in [0.2, 0.25) is 0 Å². The van der Waals surface area contributed by atoms with E-state index in [-0.39, 0.29) is 5.91 Å². The number of methoxy groups -OCH3 is 1. The lowest BCUT2D eigenvalue weighted by Crippen LogP contribution is -2.45. The van der Waals surface area contributed by atoms with E-state index in [4.69, 9.17) is 39.5 Å². The van der Waals surface area contributed by atoms with Crippen LogP contribution in [0.2, 0.25) is 15.1 Å². The van der Waals surface area contributed by atoms with E-state index < -0.39 is 12.1 Å². The van der Waals surface area contributed by atoms with Gasteiger partial charge in [0.15, 0.2) is 5.71 Å². The lowest BCUT2D eigenvalue weighted by Gasteiger charge is -2.28. The molecule has 170 valence electrons. The molecule has 2 heterocycles. The first-order chi connectivity index (χ1) is 15.5. The molecular formula is C23H25Cl3N4O2. The highest BCUT2D eigenvalue weighted by Crippen LogP contribution is 2.41. The third-order valence-corrected chi connectivity index (χ3v) is 6.59. The summed E-state index contributed by atoms with van der Waals surface area (Å²) in [5, 5.41) is 11.0. The second kappa shape index (κ2) is 10.4. The van der Waals surface area contributed by atoms with Crippen molar-refractivity contribution in [2.75, 3.05) is 31.9 Å². The molecule has 0 radical (unpaired) electrons. The van der Waals surface area contributed by atoms with E-state index >= 15 is 0 Å². The van der Waals surface area contributed by atoms with Crippen molar-refractivity contribution in [3.8, 4) is 0 Å². The Morgan fingerprint density at radius 1 is 1.06 bits per heavy atom. The standard InChI is InChI=1S/C23H25Cl3N4O2/c1-32-22-20(23(31)27-14-29-11-3-2-4-12-29)28-30(19-10-9-17(25)13-18(19)26)21(22)15-5-7-16(24)8-6-15/h5-10,13,21-22H,2-4,11-12,14H2,1H3,(H,27,31). The van der Waals surface area contributed by atoms with Crippen molar-refractivity contribution in [3.63, 3.8) is 0 Å². The van der Waals surface area contributed by atoms with Gasteiger partial charge in [-0.1, -0.05) is 53.4 Å². The number of hydrazone groups is 1. The molecule has 1 fully saturated rings. The van der Waals surface area contributed by atoms with Gasteiger partial charge in [-0.25, -0.2) is 0 Å². The SMILES string of the molecule is COC1C(C(=O)NCN2CCCCC2)=NN(c2ccc(Cl)cc2Cl)C1c1ccc(Cl)cc1. The number of ether oxygens (including phenoxy) is 1. The van der Waals surface area contributed by atoms with Gasteiger partial charge < -0.3 is 10.1 Å². The van der Waals surface area contributed by atoms with Gasteiger partial charge in [0.1, 0.15) is 12.1 Å². The highest BCUT2D eigenvalue weighted by atomic mass is 35.5. The maximum absolute atomic E-state index is 13.2. The van der Waals surface area contributed by atoms with Crippen LogP contribution in [0, 0.1) is 0 Å². The van der Waals surface area contributed by atoms with Crippen LogP contribution in [0.3, 0.4) is 0 Å². The van der Waals surface area contributed by atoms with Crippen molar-refractivity contribution in [3.05, 3.63) is 63.1 Å². The average Bonchev–Trinajstić information content (AvgIpc) is 3.18. The smallest absolute Gasteiger partial charge is 0.271 e. The molecule has 1 saturated heterocycles. The number of halogens is 3. The van der Waals surface area contributed by atoms with Crippen LogP contribution < -0.4 is 10.3 Å². The second-order valence-corrected chi connectivity index (χ2v) is 9.20. The van der Waals surface area contributed by atoms with Crippen molar-refractivity contribution in [1.82, 2.24) is 10.2 Å². The molecule has 2 atom stereocenters. The molecule has 2 aromatic rings. The molecule has 0 bridgehead atoms. The van der Waals surface area contributed by atoms with E-state index in [1.165, 1.54) is 6.42 Å². The van der Waals surface area contributed by atoms with Gasteiger partial charge in [0.25, 0.3) is 5.91 Å². The van der Waals surface area contributed by atoms with Crippen molar-refractivity contribution in [2.24, 2.45) is 5.10 Å². The summed E-state index contributed by atoms with van der Waals surface area (Å²) in [6.45, 7) is 2.46. The van der Waals surface area contributed by atoms with Crippen LogP contribution in [0.15, 0.2) is 47.6 Å². The Morgan fingerprint density at radius 3 is 2.41 bits per heavy atom. The maximum atomic E-state index is 13.2. The van der Waals surface area contributed by atoms with Crippen molar-refractivity contribution >= 4 is 52.1 Å². The zero-order valence-electron chi connectivity index (χ0n) is 17.7. The summed E-state index contributed by atoms with van der Waals surface area (Å²) >= 11 is 18.7. The van der Waals surface area contributed by atoms with E-state index in [2.05, 4.69) is 15.3 Å². The predicted octanol–water partition coefficient (Wildman–Crippen LogP) is 5.14. The molecular weight excluding hydrogens is 471 g/mol. The molecule has 0 aliphatic carbocycles. The van der Waals surface area contributed by atoms with Crippen LogP contribution in [0.4, 0.5) is 5.69 Å². The summed E-state index contributed by atoms with van der Waals surface area (Å²) in [4.78, 5) is 15.4. The fourth-order valence-corrected chi connectivity index (χ4v) is 4.79. The number of benzene rings is 2. The van der Waals surface area contributed by atoms with Crippen molar-refractivity contribution in [1.29, 1.82) is 0 Å². The number of anilines is 1. The summed E-state index contributed by atoms with van der Waals surface area (Å²) < 4.78 is 5.80. The number of carbonyl (C=O) groups excluding carboxylic acids is 1. The average molecular weight is 496 g/mol. The minimum atomic E-state index is -0.593. The topological polar surface area (TPSA) is 57.2 Å². The lowest BCUT2D eigenvalue weighted by molar-refractivity contribution is -0.116. The summed E-state index contributed by atoms with van der Waals surface area (Å²) in [5.74, 6) is -0.256. The van der Waals surface area contributed by atoms with E-state index in [1.54, 1.807) is 42.5 Å². The minimum absolute atomic E-state index is 0.256. The highest BCUT2D eigenvalue weighted by Gasteiger charge is 2.43. The number of hydrogen-bond donors (Lipinski definition) is 1. The lowest BCUT2D eigenvalue weighted by atomic mass is 9.98. The van der Waals surface area contributed by atoms with Gasteiger partial charge >= 0.3 is 0 Å². The molecule has 1 amide bonds. The third-order valence-electron chi connectivity index (χ3n) is 5.80. The molecule has 4 rings (SSSR count). The fourth-order valence-electron chi connectivity index (χ4n) is 4.17. The molecule has 0 saturated carbocycles. The largest absolute Gasteiger partial charge is 0.372 e. The molecule has 2 aromatic carbocycles. The Labute approximate surface area is 203 Å². The zero-order valence-corrected chi connectivity index (χ0v) is 20.0. The number of nitrogens with zero attached hydrogens (tertiary/aromatic N) is 3. The van der Waals surface area contributed by atoms with Crippen LogP contribution in [-0.2, 0) is 9.53 Å². The van der Waals surface area contributed by atoms with Crippen molar-refractivity contribution < 1.29 is 9.53 Å². The van der Waals surface area contributed by atoms with E-state index in [0.29, 0.717) is 33.1 Å². The molecule has 9 heteroatoms. The molecule has 2 aliphatic heterocycles. The Bertz CT molecular complexity index is 993. The highest BCUT2D eigenvalue weighted by molar-refractivity contribution is 6.42. The van der Waals surface area contributed by atoms with Gasteiger partial charge in [-0.05, 0) is 61.8 Å².